The molecule has 6 rings (SSSR count). The minimum atomic E-state index is -2.49. The number of allylic oxidation sites excluding steroid dienone is 8. The summed E-state index contributed by atoms with van der Waals surface area (Å²) < 4.78 is 5.73. The molecule has 282 valence electrons. The van der Waals surface area contributed by atoms with Crippen LogP contribution in [0.25, 0.3) is 22.3 Å². The fraction of sp³-hybridized carbons (Fsp3) is 0.571. The van der Waals surface area contributed by atoms with Gasteiger partial charge in [-0.15, -0.1) is 0 Å². The van der Waals surface area contributed by atoms with E-state index in [0.717, 1.165) is 6.42 Å². The van der Waals surface area contributed by atoms with Crippen LogP contribution < -0.4 is 24.8 Å². The zero-order chi connectivity index (χ0) is 36.8. The van der Waals surface area contributed by atoms with Gasteiger partial charge in [-0.3, -0.25) is 0 Å². The Morgan fingerprint density at radius 1 is 0.673 bits per heavy atom. The van der Waals surface area contributed by atoms with Gasteiger partial charge in [0.2, 0.25) is 0 Å². The standard InChI is InChI=1S/C31H37.C9H13.C9H18.2ClH.Zr/c1-28(2,3)26-16-30(7,8)24-12-18-11-19-13-25-23(15-21(19)20(18)14-22(24)26)27(29(4,5)6)17-31(25,9)10;1-9(2,3)8-6-4-5-7-8;1-3-5-7-9-8-6-4-2;;;/h12-16H,11H2,1-10H3;6-7H,4H2,1-3H3;3-8H2,1-2H3;2*1H;/q;;;;;+2/p-2. The van der Waals surface area contributed by atoms with E-state index >= 15 is 0 Å². The molecule has 0 saturated carbocycles. The average Bonchev–Trinajstić information content (AvgIpc) is 3.73. The molecule has 0 saturated heterocycles. The third kappa shape index (κ3) is 7.62. The van der Waals surface area contributed by atoms with Crippen molar-refractivity contribution in [3.63, 3.8) is 0 Å². The molecule has 0 N–H and O–H groups in total. The van der Waals surface area contributed by atoms with Crippen LogP contribution in [0.2, 0.25) is 0 Å². The summed E-state index contributed by atoms with van der Waals surface area (Å²) in [5, 5.41) is 0. The zero-order valence-corrected chi connectivity index (χ0v) is 39.4. The van der Waals surface area contributed by atoms with E-state index in [1.165, 1.54) is 78.3 Å². The molecule has 0 atom stereocenters. The molecule has 0 fully saturated rings. The quantitative estimate of drug-likeness (QED) is 0.214. The Morgan fingerprint density at radius 2 is 1.21 bits per heavy atom. The first-order valence-corrected chi connectivity index (χ1v) is 23.8. The van der Waals surface area contributed by atoms with Gasteiger partial charge >= 0.3 is 317 Å². The van der Waals surface area contributed by atoms with E-state index in [0.29, 0.717) is 0 Å². The van der Waals surface area contributed by atoms with E-state index in [2.05, 4.69) is 146 Å². The number of hydrogen-bond donors (Lipinski definition) is 0. The van der Waals surface area contributed by atoms with Crippen LogP contribution in [0.1, 0.15) is 182 Å². The first-order chi connectivity index (χ1) is 23.1. The van der Waals surface area contributed by atoms with Gasteiger partial charge in [-0.1, -0.05) is 0 Å². The topological polar surface area (TPSA) is 0 Å². The maximum Gasteiger partial charge on any atom is -1.00 e. The third-order valence-electron chi connectivity index (χ3n) is 12.3. The molecule has 0 aliphatic heterocycles. The first-order valence-electron chi connectivity index (χ1n) is 20.1. The minimum absolute atomic E-state index is 0. The van der Waals surface area contributed by atoms with Crippen LogP contribution in [-0.4, -0.2) is 3.21 Å². The van der Waals surface area contributed by atoms with Gasteiger partial charge in [0, 0.05) is 0 Å². The number of unbranched alkanes of at least 4 members (excludes halogenated alkanes) is 2. The molecule has 0 aromatic heterocycles. The molecule has 0 nitrogen and oxygen atoms in total. The summed E-state index contributed by atoms with van der Waals surface area (Å²) in [6.45, 7) is 36.8. The smallest absolute Gasteiger partial charge is 1.00 e. The number of rotatable bonds is 8. The number of fused-ring (bicyclic) bond motifs is 5. The SMILES string of the molecule is CCCC[C](CCCC)=[Zr+2]([C]1=CC(C(C)(C)C)=CC1)[C]1=C(C(C)(C)C)c2cc3c(cc2C1(C)C)Cc1cc2c(cc1-3)C(C(C)(C)C)=CC2(C)C.[Cl-].[Cl-]. The van der Waals surface area contributed by atoms with Crippen molar-refractivity contribution in [1.29, 1.82) is 0 Å². The van der Waals surface area contributed by atoms with Crippen molar-refractivity contribution in [3.05, 3.63) is 88.0 Å². The summed E-state index contributed by atoms with van der Waals surface area (Å²) in [4.78, 5) is 0. The Balaban J connectivity index is 0.00000302. The van der Waals surface area contributed by atoms with Crippen LogP contribution in [0.15, 0.2) is 54.6 Å². The number of benzene rings is 2. The monoisotopic (exact) mass is 816 g/mol. The summed E-state index contributed by atoms with van der Waals surface area (Å²) in [5.74, 6) is 0. The summed E-state index contributed by atoms with van der Waals surface area (Å²) in [6.07, 6.45) is 18.0. The molecule has 3 heteroatoms. The zero-order valence-electron chi connectivity index (χ0n) is 35.5. The second-order valence-corrected chi connectivity index (χ2v) is 26.8. The molecule has 2 aromatic carbocycles. The van der Waals surface area contributed by atoms with Crippen LogP contribution in [0.4, 0.5) is 0 Å². The molecular formula is C49H68Cl2Zr. The molecule has 4 aliphatic carbocycles. The largest absolute Gasteiger partial charge is 1.00 e. The number of hydrogen-bond acceptors (Lipinski definition) is 0. The summed E-state index contributed by atoms with van der Waals surface area (Å²) in [7, 11) is 0. The van der Waals surface area contributed by atoms with Crippen molar-refractivity contribution in [2.45, 2.75) is 166 Å². The van der Waals surface area contributed by atoms with Crippen molar-refractivity contribution in [2.75, 3.05) is 0 Å². The van der Waals surface area contributed by atoms with Crippen LogP contribution in [0.3, 0.4) is 0 Å². The molecule has 0 bridgehead atoms. The summed E-state index contributed by atoms with van der Waals surface area (Å²) in [5.41, 5.74) is 17.5. The second-order valence-electron chi connectivity index (χ2n) is 20.4. The fourth-order valence-corrected chi connectivity index (χ4v) is 19.7. The minimum Gasteiger partial charge on any atom is -1.00 e. The normalized spacial score (nSPS) is 17.9. The second kappa shape index (κ2) is 15.0. The van der Waals surface area contributed by atoms with Crippen LogP contribution in [0, 0.1) is 16.2 Å². The van der Waals surface area contributed by atoms with Crippen molar-refractivity contribution < 1.29 is 46.1 Å². The molecular weight excluding hydrogens is 751 g/mol. The fourth-order valence-electron chi connectivity index (χ4n) is 9.65. The summed E-state index contributed by atoms with van der Waals surface area (Å²) in [6, 6.07) is 10.6. The predicted octanol–water partition coefficient (Wildman–Crippen LogP) is 8.47. The maximum atomic E-state index is 2.72. The average molecular weight is 819 g/mol. The molecule has 2 aromatic rings. The Morgan fingerprint density at radius 3 is 1.69 bits per heavy atom. The van der Waals surface area contributed by atoms with E-state index in [9.17, 15) is 0 Å². The van der Waals surface area contributed by atoms with Gasteiger partial charge in [-0.25, -0.2) is 0 Å². The van der Waals surface area contributed by atoms with Gasteiger partial charge in [0.05, 0.1) is 0 Å². The predicted molar refractivity (Wildman–Crippen MR) is 219 cm³/mol. The molecule has 0 unspecified atom stereocenters. The van der Waals surface area contributed by atoms with Gasteiger partial charge in [-0.05, 0) is 0 Å². The van der Waals surface area contributed by atoms with Gasteiger partial charge in [0.15, 0.2) is 0 Å². The van der Waals surface area contributed by atoms with Crippen molar-refractivity contribution >= 4 is 14.4 Å². The molecule has 0 spiro atoms. The van der Waals surface area contributed by atoms with Crippen molar-refractivity contribution in [2.24, 2.45) is 16.2 Å². The van der Waals surface area contributed by atoms with Gasteiger partial charge < -0.3 is 24.8 Å². The Hall–Kier alpha value is -1.27. The molecule has 52 heavy (non-hydrogen) atoms. The van der Waals surface area contributed by atoms with Gasteiger partial charge in [0.1, 0.15) is 0 Å². The van der Waals surface area contributed by atoms with E-state index in [1.54, 1.807) is 27.8 Å². The van der Waals surface area contributed by atoms with Gasteiger partial charge in [-0.2, -0.15) is 0 Å². The van der Waals surface area contributed by atoms with Crippen molar-refractivity contribution in [3.8, 4) is 11.1 Å². The molecule has 4 aliphatic rings. The van der Waals surface area contributed by atoms with E-state index in [1.807, 2.05) is 9.77 Å². The molecule has 0 radical (unpaired) electrons. The van der Waals surface area contributed by atoms with E-state index < -0.39 is 21.3 Å². The third-order valence-corrected chi connectivity index (χ3v) is 21.1. The Kier molecular flexibility index (Phi) is 12.5. The van der Waals surface area contributed by atoms with E-state index in [-0.39, 0.29) is 51.9 Å². The van der Waals surface area contributed by atoms with Gasteiger partial charge in [0.25, 0.3) is 0 Å². The van der Waals surface area contributed by atoms with E-state index in [4.69, 9.17) is 0 Å². The molecule has 0 heterocycles. The Bertz CT molecular complexity index is 1890. The first kappa shape index (κ1) is 43.5. The molecule has 0 amide bonds. The maximum absolute atomic E-state index is 2.72. The van der Waals surface area contributed by atoms with Crippen LogP contribution in [0.5, 0.6) is 0 Å². The Labute approximate surface area is 339 Å². The van der Waals surface area contributed by atoms with Crippen LogP contribution in [-0.2, 0) is 38.5 Å². The summed E-state index contributed by atoms with van der Waals surface area (Å²) >= 11 is -2.49. The van der Waals surface area contributed by atoms with Crippen LogP contribution >= 0.6 is 0 Å². The number of halogens is 2. The van der Waals surface area contributed by atoms with Crippen molar-refractivity contribution in [1.82, 2.24) is 0 Å².